The predicted molar refractivity (Wildman–Crippen MR) is 41.7 cm³/mol. The molecule has 58 valence electrons. The monoisotopic (exact) mass is 142 g/mol. The molecule has 2 N–H and O–H groups in total. The standard InChI is InChI=1S/C8H14O2/c9-7-5-3-1-2-4-6-8-10/h1,3-4,6,9-10H,2,5,7-8H2. The van der Waals surface area contributed by atoms with Gasteiger partial charge in [0, 0.05) is 6.61 Å². The van der Waals surface area contributed by atoms with Crippen molar-refractivity contribution in [1.82, 2.24) is 0 Å². The normalized spacial score (nSPS) is 11.8. The molecule has 2 nitrogen and oxygen atoms in total. The first kappa shape index (κ1) is 9.40. The summed E-state index contributed by atoms with van der Waals surface area (Å²) < 4.78 is 0. The minimum absolute atomic E-state index is 0.105. The lowest BCUT2D eigenvalue weighted by molar-refractivity contribution is 0.302. The lowest BCUT2D eigenvalue weighted by Gasteiger charge is -1.82. The Bertz CT molecular complexity index is 106. The summed E-state index contributed by atoms with van der Waals surface area (Å²) >= 11 is 0. The second kappa shape index (κ2) is 8.40. The summed E-state index contributed by atoms with van der Waals surface area (Å²) in [6.07, 6.45) is 9.01. The zero-order valence-electron chi connectivity index (χ0n) is 6.03. The van der Waals surface area contributed by atoms with Gasteiger partial charge in [0.15, 0.2) is 0 Å². The molecule has 0 saturated carbocycles. The van der Waals surface area contributed by atoms with Crippen molar-refractivity contribution in [2.24, 2.45) is 0 Å². The van der Waals surface area contributed by atoms with Crippen LogP contribution in [0, 0.1) is 0 Å². The van der Waals surface area contributed by atoms with Crippen LogP contribution in [0.3, 0.4) is 0 Å². The fourth-order valence-corrected chi connectivity index (χ4v) is 0.538. The van der Waals surface area contributed by atoms with Gasteiger partial charge in [-0.05, 0) is 12.8 Å². The first-order chi connectivity index (χ1) is 4.91. The SMILES string of the molecule is OCC=CCC=CCCO. The van der Waals surface area contributed by atoms with Crippen LogP contribution in [0.15, 0.2) is 24.3 Å². The van der Waals surface area contributed by atoms with Crippen LogP contribution in [0.25, 0.3) is 0 Å². The molecule has 0 bridgehead atoms. The second-order valence-corrected chi connectivity index (χ2v) is 1.87. The quantitative estimate of drug-likeness (QED) is 0.559. The van der Waals surface area contributed by atoms with E-state index in [-0.39, 0.29) is 13.2 Å². The smallest absolute Gasteiger partial charge is 0.0612 e. The Kier molecular flexibility index (Phi) is 7.90. The Morgan fingerprint density at radius 1 is 0.900 bits per heavy atom. The third-order valence-corrected chi connectivity index (χ3v) is 1.01. The number of rotatable bonds is 5. The lowest BCUT2D eigenvalue weighted by atomic mass is 10.3. The summed E-state index contributed by atoms with van der Waals surface area (Å²) in [5.41, 5.74) is 0. The highest BCUT2D eigenvalue weighted by atomic mass is 16.3. The molecule has 2 heteroatoms. The number of allylic oxidation sites excluding steroid dienone is 2. The number of hydrogen-bond acceptors (Lipinski definition) is 2. The Balaban J connectivity index is 3.09. The average Bonchev–Trinajstić information content (AvgIpc) is 1.97. The van der Waals surface area contributed by atoms with Crippen molar-refractivity contribution in [3.8, 4) is 0 Å². The molecule has 0 aliphatic carbocycles. The molecule has 0 heterocycles. The minimum atomic E-state index is 0.105. The maximum Gasteiger partial charge on any atom is 0.0612 e. The Hall–Kier alpha value is -0.600. The number of hydrogen-bond donors (Lipinski definition) is 2. The van der Waals surface area contributed by atoms with Crippen LogP contribution in [0.4, 0.5) is 0 Å². The Morgan fingerprint density at radius 2 is 1.60 bits per heavy atom. The molecule has 0 radical (unpaired) electrons. The van der Waals surface area contributed by atoms with Crippen LogP contribution < -0.4 is 0 Å². The van der Waals surface area contributed by atoms with Crippen molar-refractivity contribution in [1.29, 1.82) is 0 Å². The molecule has 0 amide bonds. The Labute approximate surface area is 61.5 Å². The molecule has 0 unspecified atom stereocenters. The fourth-order valence-electron chi connectivity index (χ4n) is 0.538. The zero-order chi connectivity index (χ0) is 7.66. The molecular formula is C8H14O2. The molecule has 0 aromatic rings. The van der Waals surface area contributed by atoms with E-state index in [0.29, 0.717) is 6.42 Å². The van der Waals surface area contributed by atoms with Gasteiger partial charge in [-0.1, -0.05) is 24.3 Å². The lowest BCUT2D eigenvalue weighted by Crippen LogP contribution is -1.75. The van der Waals surface area contributed by atoms with Crippen molar-refractivity contribution in [2.75, 3.05) is 13.2 Å². The highest BCUT2D eigenvalue weighted by molar-refractivity contribution is 4.92. The van der Waals surface area contributed by atoms with E-state index >= 15 is 0 Å². The summed E-state index contributed by atoms with van der Waals surface area (Å²) in [4.78, 5) is 0. The van der Waals surface area contributed by atoms with Gasteiger partial charge in [0.1, 0.15) is 0 Å². The van der Waals surface area contributed by atoms with Crippen LogP contribution in [0.2, 0.25) is 0 Å². The van der Waals surface area contributed by atoms with E-state index in [1.807, 2.05) is 18.2 Å². The van der Waals surface area contributed by atoms with Crippen LogP contribution in [-0.2, 0) is 0 Å². The third-order valence-electron chi connectivity index (χ3n) is 1.01. The van der Waals surface area contributed by atoms with E-state index in [1.165, 1.54) is 0 Å². The molecule has 0 aliphatic heterocycles. The maximum atomic E-state index is 8.36. The van der Waals surface area contributed by atoms with Gasteiger partial charge in [0.05, 0.1) is 6.61 Å². The predicted octanol–water partition coefficient (Wildman–Crippen LogP) is 0.864. The largest absolute Gasteiger partial charge is 0.396 e. The van der Waals surface area contributed by atoms with E-state index < -0.39 is 0 Å². The summed E-state index contributed by atoms with van der Waals surface area (Å²) in [7, 11) is 0. The fraction of sp³-hybridized carbons (Fsp3) is 0.500. The van der Waals surface area contributed by atoms with Crippen molar-refractivity contribution >= 4 is 0 Å². The molecule has 0 spiro atoms. The first-order valence-corrected chi connectivity index (χ1v) is 3.43. The minimum Gasteiger partial charge on any atom is -0.396 e. The maximum absolute atomic E-state index is 8.36. The van der Waals surface area contributed by atoms with Crippen LogP contribution in [0.1, 0.15) is 12.8 Å². The van der Waals surface area contributed by atoms with E-state index in [9.17, 15) is 0 Å². The topological polar surface area (TPSA) is 40.5 Å². The van der Waals surface area contributed by atoms with Gasteiger partial charge >= 0.3 is 0 Å². The zero-order valence-corrected chi connectivity index (χ0v) is 6.03. The van der Waals surface area contributed by atoms with Gasteiger partial charge in [0.25, 0.3) is 0 Å². The van der Waals surface area contributed by atoms with E-state index in [1.54, 1.807) is 6.08 Å². The molecule has 0 aromatic heterocycles. The highest BCUT2D eigenvalue weighted by Crippen LogP contribution is 1.87. The first-order valence-electron chi connectivity index (χ1n) is 3.43. The Morgan fingerprint density at radius 3 is 2.20 bits per heavy atom. The average molecular weight is 142 g/mol. The van der Waals surface area contributed by atoms with Gasteiger partial charge < -0.3 is 10.2 Å². The van der Waals surface area contributed by atoms with Gasteiger partial charge in [-0.15, -0.1) is 0 Å². The number of aliphatic hydroxyl groups excluding tert-OH is 2. The highest BCUT2D eigenvalue weighted by Gasteiger charge is 1.72. The molecule has 0 rings (SSSR count). The van der Waals surface area contributed by atoms with E-state index in [0.717, 1.165) is 6.42 Å². The van der Waals surface area contributed by atoms with Gasteiger partial charge in [-0.3, -0.25) is 0 Å². The molecular weight excluding hydrogens is 128 g/mol. The van der Waals surface area contributed by atoms with Crippen LogP contribution in [0.5, 0.6) is 0 Å². The summed E-state index contributed by atoms with van der Waals surface area (Å²) in [6, 6.07) is 0. The molecule has 0 atom stereocenters. The van der Waals surface area contributed by atoms with Crippen molar-refractivity contribution in [3.05, 3.63) is 24.3 Å². The number of aliphatic hydroxyl groups is 2. The van der Waals surface area contributed by atoms with Gasteiger partial charge in [0.2, 0.25) is 0 Å². The van der Waals surface area contributed by atoms with E-state index in [2.05, 4.69) is 0 Å². The molecule has 0 aliphatic rings. The van der Waals surface area contributed by atoms with Crippen LogP contribution >= 0.6 is 0 Å². The van der Waals surface area contributed by atoms with Gasteiger partial charge in [-0.25, -0.2) is 0 Å². The summed E-state index contributed by atoms with van der Waals surface area (Å²) in [6.45, 7) is 0.314. The van der Waals surface area contributed by atoms with E-state index in [4.69, 9.17) is 10.2 Å². The summed E-state index contributed by atoms with van der Waals surface area (Å²) in [5, 5.41) is 16.7. The molecule has 0 fully saturated rings. The van der Waals surface area contributed by atoms with Gasteiger partial charge in [-0.2, -0.15) is 0 Å². The third kappa shape index (κ3) is 7.40. The molecule has 10 heavy (non-hydrogen) atoms. The second-order valence-electron chi connectivity index (χ2n) is 1.87. The summed E-state index contributed by atoms with van der Waals surface area (Å²) in [5.74, 6) is 0. The van der Waals surface area contributed by atoms with Crippen LogP contribution in [-0.4, -0.2) is 23.4 Å². The molecule has 0 aromatic carbocycles. The van der Waals surface area contributed by atoms with Crippen molar-refractivity contribution < 1.29 is 10.2 Å². The molecule has 0 saturated heterocycles. The van der Waals surface area contributed by atoms with Crippen molar-refractivity contribution in [2.45, 2.75) is 12.8 Å². The van der Waals surface area contributed by atoms with Crippen molar-refractivity contribution in [3.63, 3.8) is 0 Å².